The molecule has 1 aliphatic rings. The molecule has 0 radical (unpaired) electrons. The summed E-state index contributed by atoms with van der Waals surface area (Å²) in [6.07, 6.45) is 1.84. The van der Waals surface area contributed by atoms with Crippen LogP contribution in [0.5, 0.6) is 0 Å². The van der Waals surface area contributed by atoms with Crippen LogP contribution < -0.4 is 5.73 Å². The number of carbonyl (C=O) groups is 1. The van der Waals surface area contributed by atoms with Crippen LogP contribution in [0.3, 0.4) is 0 Å². The summed E-state index contributed by atoms with van der Waals surface area (Å²) in [6, 6.07) is 5.58. The minimum atomic E-state index is -0.520. The predicted octanol–water partition coefficient (Wildman–Crippen LogP) is 3.26. The number of nitrogens with zero attached hydrogens (tertiary/aromatic N) is 1. The average molecular weight is 330 g/mol. The zero-order valence-corrected chi connectivity index (χ0v) is 15.1. The summed E-state index contributed by atoms with van der Waals surface area (Å²) in [5.74, 6) is 0.616. The van der Waals surface area contributed by atoms with Crippen molar-refractivity contribution < 1.29 is 13.9 Å². The zero-order valence-electron chi connectivity index (χ0n) is 15.1. The zero-order chi connectivity index (χ0) is 17.6. The molecule has 0 spiro atoms. The van der Waals surface area contributed by atoms with E-state index in [9.17, 15) is 4.79 Å². The van der Waals surface area contributed by atoms with E-state index >= 15 is 0 Å². The van der Waals surface area contributed by atoms with E-state index in [2.05, 4.69) is 4.90 Å². The molecular formula is C19H26N2O3. The van der Waals surface area contributed by atoms with Gasteiger partial charge in [-0.05, 0) is 59.5 Å². The summed E-state index contributed by atoms with van der Waals surface area (Å²) in [5, 5.41) is 0.924. The molecule has 130 valence electrons. The number of fused-ring (bicyclic) bond motifs is 3. The van der Waals surface area contributed by atoms with E-state index in [0.717, 1.165) is 35.1 Å². The number of hydrogen-bond donors (Lipinski definition) is 1. The molecule has 2 aromatic rings. The van der Waals surface area contributed by atoms with Crippen LogP contribution in [0.25, 0.3) is 11.0 Å². The normalized spacial score (nSPS) is 21.1. The Bertz CT molecular complexity index is 771. The van der Waals surface area contributed by atoms with Gasteiger partial charge < -0.3 is 19.8 Å². The van der Waals surface area contributed by atoms with Crippen molar-refractivity contribution in [3.63, 3.8) is 0 Å². The van der Waals surface area contributed by atoms with Gasteiger partial charge in [0, 0.05) is 29.5 Å². The van der Waals surface area contributed by atoms with E-state index in [1.54, 1.807) is 6.07 Å². The summed E-state index contributed by atoms with van der Waals surface area (Å²) in [7, 11) is 4.09. The fourth-order valence-electron chi connectivity index (χ4n) is 3.41. The van der Waals surface area contributed by atoms with Gasteiger partial charge in [0.25, 0.3) is 0 Å². The lowest BCUT2D eigenvalue weighted by atomic mass is 9.86. The van der Waals surface area contributed by atoms with Gasteiger partial charge in [-0.25, -0.2) is 4.79 Å². The number of esters is 1. The van der Waals surface area contributed by atoms with E-state index in [4.69, 9.17) is 14.9 Å². The number of aryl methyl sites for hydroxylation is 1. The van der Waals surface area contributed by atoms with E-state index in [0.29, 0.717) is 5.56 Å². The molecule has 0 fully saturated rings. The molecule has 0 saturated carbocycles. The first-order chi connectivity index (χ1) is 11.2. The highest BCUT2D eigenvalue weighted by Crippen LogP contribution is 2.38. The topological polar surface area (TPSA) is 68.7 Å². The molecule has 1 heterocycles. The van der Waals surface area contributed by atoms with Crippen molar-refractivity contribution in [3.8, 4) is 0 Å². The van der Waals surface area contributed by atoms with Crippen LogP contribution in [-0.2, 0) is 11.2 Å². The average Bonchev–Trinajstić information content (AvgIpc) is 2.83. The number of nitrogens with two attached hydrogens (primary N) is 1. The summed E-state index contributed by atoms with van der Waals surface area (Å²) in [5.41, 5.74) is 8.33. The Morgan fingerprint density at radius 3 is 2.67 bits per heavy atom. The fourth-order valence-corrected chi connectivity index (χ4v) is 3.41. The summed E-state index contributed by atoms with van der Waals surface area (Å²) in [6.45, 7) is 5.59. The Balaban J connectivity index is 2.03. The number of carbonyl (C=O) groups excluding carboxylic acids is 1. The third-order valence-electron chi connectivity index (χ3n) is 4.52. The van der Waals surface area contributed by atoms with Crippen LogP contribution in [0.2, 0.25) is 0 Å². The maximum absolute atomic E-state index is 12.4. The highest BCUT2D eigenvalue weighted by molar-refractivity contribution is 5.95. The molecular weight excluding hydrogens is 304 g/mol. The minimum Gasteiger partial charge on any atom is -0.461 e. The maximum atomic E-state index is 12.4. The van der Waals surface area contributed by atoms with Crippen LogP contribution >= 0.6 is 0 Å². The lowest BCUT2D eigenvalue weighted by Crippen LogP contribution is -2.41. The van der Waals surface area contributed by atoms with Gasteiger partial charge in [0.15, 0.2) is 0 Å². The van der Waals surface area contributed by atoms with E-state index in [1.807, 2.05) is 47.0 Å². The van der Waals surface area contributed by atoms with Gasteiger partial charge in [-0.15, -0.1) is 0 Å². The largest absolute Gasteiger partial charge is 0.461 e. The van der Waals surface area contributed by atoms with Gasteiger partial charge in [-0.1, -0.05) is 0 Å². The third-order valence-corrected chi connectivity index (χ3v) is 4.52. The molecule has 0 amide bonds. The number of rotatable bonds is 2. The Morgan fingerprint density at radius 1 is 1.33 bits per heavy atom. The third kappa shape index (κ3) is 3.06. The monoisotopic (exact) mass is 330 g/mol. The second-order valence-corrected chi connectivity index (χ2v) is 7.75. The van der Waals surface area contributed by atoms with Crippen LogP contribution in [0, 0.1) is 0 Å². The summed E-state index contributed by atoms with van der Waals surface area (Å²) >= 11 is 0. The highest BCUT2D eigenvalue weighted by Gasteiger charge is 2.33. The number of hydrogen-bond acceptors (Lipinski definition) is 5. The highest BCUT2D eigenvalue weighted by atomic mass is 16.6. The molecule has 1 aromatic carbocycles. The molecule has 0 saturated heterocycles. The van der Waals surface area contributed by atoms with Crippen molar-refractivity contribution in [1.29, 1.82) is 0 Å². The van der Waals surface area contributed by atoms with Gasteiger partial charge in [0.2, 0.25) is 0 Å². The van der Waals surface area contributed by atoms with Crippen molar-refractivity contribution in [2.45, 2.75) is 51.3 Å². The van der Waals surface area contributed by atoms with Gasteiger partial charge in [0.05, 0.1) is 5.56 Å². The molecule has 0 bridgehead atoms. The molecule has 2 N–H and O–H groups in total. The number of benzene rings is 1. The van der Waals surface area contributed by atoms with Crippen LogP contribution in [-0.4, -0.2) is 36.6 Å². The Hall–Kier alpha value is -1.85. The van der Waals surface area contributed by atoms with Gasteiger partial charge in [-0.3, -0.25) is 0 Å². The number of ether oxygens (including phenoxy) is 1. The van der Waals surface area contributed by atoms with Crippen LogP contribution in [0.4, 0.5) is 0 Å². The smallest absolute Gasteiger partial charge is 0.338 e. The molecule has 1 aromatic heterocycles. The van der Waals surface area contributed by atoms with Crippen LogP contribution in [0.15, 0.2) is 22.6 Å². The second-order valence-electron chi connectivity index (χ2n) is 7.75. The van der Waals surface area contributed by atoms with Crippen molar-refractivity contribution in [1.82, 2.24) is 4.90 Å². The molecule has 5 heteroatoms. The molecule has 0 aliphatic heterocycles. The molecule has 2 atom stereocenters. The lowest BCUT2D eigenvalue weighted by molar-refractivity contribution is 0.00697. The first-order valence-corrected chi connectivity index (χ1v) is 8.38. The van der Waals surface area contributed by atoms with Crippen LogP contribution in [0.1, 0.15) is 54.9 Å². The first kappa shape index (κ1) is 17.0. The Kier molecular flexibility index (Phi) is 4.18. The summed E-state index contributed by atoms with van der Waals surface area (Å²) in [4.78, 5) is 14.5. The van der Waals surface area contributed by atoms with E-state index < -0.39 is 5.60 Å². The molecule has 3 rings (SSSR count). The second kappa shape index (κ2) is 5.90. The predicted molar refractivity (Wildman–Crippen MR) is 94.1 cm³/mol. The molecule has 1 aliphatic carbocycles. The lowest BCUT2D eigenvalue weighted by Gasteiger charge is -2.33. The number of likely N-dealkylation sites (N-methyl/N-ethyl adjacent to an activating group) is 1. The fraction of sp³-hybridized carbons (Fsp3) is 0.526. The van der Waals surface area contributed by atoms with Crippen molar-refractivity contribution >= 4 is 16.9 Å². The van der Waals surface area contributed by atoms with E-state index in [1.165, 1.54) is 0 Å². The quantitative estimate of drug-likeness (QED) is 0.856. The maximum Gasteiger partial charge on any atom is 0.338 e. The first-order valence-electron chi connectivity index (χ1n) is 8.38. The van der Waals surface area contributed by atoms with Crippen molar-refractivity contribution in [2.75, 3.05) is 14.1 Å². The van der Waals surface area contributed by atoms with Crippen molar-refractivity contribution in [2.24, 2.45) is 5.73 Å². The number of furan rings is 1. The summed E-state index contributed by atoms with van der Waals surface area (Å²) < 4.78 is 11.4. The standard InChI is InChI=1S/C19H26N2O3/c1-19(2,3)24-18(22)11-6-8-14-12(10-11)16-15(23-14)9-7-13(17(16)20)21(4)5/h6,8,10,13,17H,7,9,20H2,1-5H3. The van der Waals surface area contributed by atoms with Gasteiger partial charge >= 0.3 is 5.97 Å². The Labute approximate surface area is 142 Å². The van der Waals surface area contributed by atoms with Gasteiger partial charge in [0.1, 0.15) is 16.9 Å². The molecule has 2 unspecified atom stereocenters. The van der Waals surface area contributed by atoms with E-state index in [-0.39, 0.29) is 18.1 Å². The Morgan fingerprint density at radius 2 is 2.04 bits per heavy atom. The molecule has 5 nitrogen and oxygen atoms in total. The van der Waals surface area contributed by atoms with Crippen molar-refractivity contribution in [3.05, 3.63) is 35.1 Å². The van der Waals surface area contributed by atoms with Gasteiger partial charge in [-0.2, -0.15) is 0 Å². The SMILES string of the molecule is CN(C)C1CCc2oc3ccc(C(=O)OC(C)(C)C)cc3c2C1N. The molecule has 24 heavy (non-hydrogen) atoms. The minimum absolute atomic E-state index is 0.126.